The van der Waals surface area contributed by atoms with E-state index in [1.807, 2.05) is 4.90 Å². The maximum atomic E-state index is 12.7. The Bertz CT molecular complexity index is 3060. The van der Waals surface area contributed by atoms with E-state index < -0.39 is 72.6 Å². The van der Waals surface area contributed by atoms with Gasteiger partial charge in [-0.1, -0.05) is 58.0 Å². The Kier molecular flexibility index (Phi) is 29.2. The molecular formula is C37H34K5NO18S6. The molecule has 1 N–H and O–H groups in total. The van der Waals surface area contributed by atoms with Gasteiger partial charge in [0.25, 0.3) is 10.1 Å². The summed E-state index contributed by atoms with van der Waals surface area (Å²) in [5, 5.41) is 29.1. The summed E-state index contributed by atoms with van der Waals surface area (Å²) in [5.74, 6) is -1.55. The number of allylic oxidation sites excluding steroid dienone is 5. The summed E-state index contributed by atoms with van der Waals surface area (Å²) in [5.41, 5.74) is 0.214. The molecule has 1 aliphatic carbocycles. The number of fused-ring (bicyclic) bond motifs is 6. The minimum Gasteiger partial charge on any atom is -0.748 e. The first-order valence-electron chi connectivity index (χ1n) is 17.9. The molecule has 0 atom stereocenters. The zero-order valence-electron chi connectivity index (χ0n) is 37.7. The summed E-state index contributed by atoms with van der Waals surface area (Å²) >= 11 is 0.718. The number of hydrogen-bond donors (Lipinski definition) is 1. The number of hydrogen-bond acceptors (Lipinski definition) is 20. The molecule has 0 aromatic heterocycles. The Balaban J connectivity index is 0.00000449. The quantitative estimate of drug-likeness (QED) is 0.0256. The molecule has 0 saturated carbocycles. The van der Waals surface area contributed by atoms with Crippen molar-refractivity contribution >= 4 is 97.4 Å². The van der Waals surface area contributed by atoms with E-state index in [9.17, 15) is 62.4 Å². The summed E-state index contributed by atoms with van der Waals surface area (Å²) in [4.78, 5) is 0.568. The van der Waals surface area contributed by atoms with Crippen molar-refractivity contribution in [1.29, 1.82) is 0 Å². The average molecular weight is 1170 g/mol. The van der Waals surface area contributed by atoms with Crippen LogP contribution in [0.3, 0.4) is 0 Å². The van der Waals surface area contributed by atoms with Crippen molar-refractivity contribution < 1.29 is 338 Å². The fourth-order valence-corrected chi connectivity index (χ4v) is 12.0. The number of benzene rings is 4. The van der Waals surface area contributed by atoms with Crippen LogP contribution in [0.1, 0.15) is 57.2 Å². The largest absolute Gasteiger partial charge is 1.00 e. The molecule has 1 heterocycles. The van der Waals surface area contributed by atoms with Gasteiger partial charge in [-0.15, -0.1) is 0 Å². The number of rotatable bonds is 17. The predicted octanol–water partition coefficient (Wildman–Crippen LogP) is -11.2. The first kappa shape index (κ1) is 69.7. The first-order chi connectivity index (χ1) is 28.7. The maximum Gasteiger partial charge on any atom is 1.00 e. The fraction of sp³-hybridized carbons (Fsp3) is 0.297. The van der Waals surface area contributed by atoms with E-state index in [1.54, 1.807) is 52.0 Å². The van der Waals surface area contributed by atoms with Gasteiger partial charge in [0.1, 0.15) is 26.0 Å². The van der Waals surface area contributed by atoms with Gasteiger partial charge in [-0.25, -0.2) is 25.3 Å². The molecule has 2 aliphatic rings. The van der Waals surface area contributed by atoms with Gasteiger partial charge in [-0.05, 0) is 87.9 Å². The zero-order valence-corrected chi connectivity index (χ0v) is 58.2. The Hall–Kier alpha value is 4.70. The van der Waals surface area contributed by atoms with Crippen LogP contribution >= 0.6 is 24.1 Å². The van der Waals surface area contributed by atoms with Crippen molar-refractivity contribution in [3.05, 3.63) is 94.7 Å². The van der Waals surface area contributed by atoms with Crippen LogP contribution in [0.4, 0.5) is 5.69 Å². The normalized spacial score (nSPS) is 16.0. The van der Waals surface area contributed by atoms with Crippen LogP contribution in [0.2, 0.25) is 0 Å². The van der Waals surface area contributed by atoms with Crippen molar-refractivity contribution in [3.8, 4) is 0 Å². The summed E-state index contributed by atoms with van der Waals surface area (Å²) < 4.78 is 153. The van der Waals surface area contributed by atoms with E-state index in [4.69, 9.17) is 0 Å². The van der Waals surface area contributed by atoms with Gasteiger partial charge in [-0.2, -0.15) is 17.1 Å². The van der Waals surface area contributed by atoms with Crippen LogP contribution in [0.25, 0.3) is 27.1 Å². The van der Waals surface area contributed by atoms with E-state index in [-0.39, 0.29) is 319 Å². The van der Waals surface area contributed by atoms with E-state index >= 15 is 0 Å². The monoisotopic (exact) mass is 1170 g/mol. The topological polar surface area (TPSA) is 312 Å². The van der Waals surface area contributed by atoms with Gasteiger partial charge in [0, 0.05) is 55.1 Å². The van der Waals surface area contributed by atoms with Crippen molar-refractivity contribution in [3.63, 3.8) is 0 Å². The van der Waals surface area contributed by atoms with Gasteiger partial charge in [0.05, 0.1) is 44.0 Å². The van der Waals surface area contributed by atoms with Crippen molar-refractivity contribution in [1.82, 2.24) is 0 Å². The van der Waals surface area contributed by atoms with Gasteiger partial charge >= 0.3 is 257 Å². The third kappa shape index (κ3) is 16.6. The molecule has 1 aliphatic heterocycles. The van der Waals surface area contributed by atoms with Crippen molar-refractivity contribution in [2.45, 2.75) is 70.9 Å². The Labute approximate surface area is 609 Å². The van der Waals surface area contributed by atoms with Gasteiger partial charge in [0.2, 0.25) is 0 Å². The fourth-order valence-electron chi connectivity index (χ4n) is 8.33. The van der Waals surface area contributed by atoms with Crippen molar-refractivity contribution in [2.24, 2.45) is 0 Å². The molecule has 30 heteroatoms. The van der Waals surface area contributed by atoms with Crippen LogP contribution in [0.15, 0.2) is 97.6 Å². The molecule has 0 unspecified atom stereocenters. The van der Waals surface area contributed by atoms with Gasteiger partial charge in [0.15, 0.2) is 0 Å². The number of anilines is 1. The Morgan fingerprint density at radius 1 is 0.716 bits per heavy atom. The SMILES string of the molecule is CC1(C)C(/C=C/C=C2/N(CCCCS(=O)(=O)[O-])c3ccc4cc(S(=O)(=O)[O-])cc(SOO[O-])c4c3C2(C)C)=C(CS(=O)(=O)O)c2ccc3cc(SOO[O-])cc(S(=O)(=O)[O-])c3c21.[K+].[K+].[K+].[K+].[K+]. The van der Waals surface area contributed by atoms with E-state index in [1.165, 1.54) is 24.3 Å². The second-order valence-corrected chi connectivity index (χ2v) is 22.5. The second-order valence-electron chi connectivity index (χ2n) is 15.2. The standard InChI is InChI=1S/C37H39NO18S6.5K/c1-36(2)27(26(20-60(44,45)46)25-12-10-21-16-23(57-55-53-39)18-30(62(50,51)52)33(21)34(25)36)8-7-9-31-37(3,4)35-28(38(31)14-5-6-15-59(41,42)43)13-11-22-17-24(61(47,48)49)19-29(32(22)35)58-56-54-40;;;;;/h7-13,16-19,39-40H,5-6,14-15,20H2,1-4H3,(H,41,42,43)(H,44,45,46)(H,47,48,49)(H,50,51,52);;;;;/q;5*+1/p-5/b8-7+,31-9+;;;;;. The zero-order chi connectivity index (χ0) is 45.8. The molecule has 0 amide bonds. The van der Waals surface area contributed by atoms with Crippen LogP contribution in [0, 0.1) is 0 Å². The minimum atomic E-state index is -5.23. The van der Waals surface area contributed by atoms with Crippen LogP contribution in [-0.2, 0) is 70.0 Å². The Morgan fingerprint density at radius 3 is 1.88 bits per heavy atom. The summed E-state index contributed by atoms with van der Waals surface area (Å²) in [6, 6.07) is 10.7. The van der Waals surface area contributed by atoms with Gasteiger partial charge < -0.3 is 29.1 Å². The smallest absolute Gasteiger partial charge is 0.748 e. The molecule has 19 nitrogen and oxygen atoms in total. The van der Waals surface area contributed by atoms with E-state index in [0.29, 0.717) is 52.0 Å². The minimum absolute atomic E-state index is 0. The molecule has 0 radical (unpaired) electrons. The van der Waals surface area contributed by atoms with Crippen molar-refractivity contribution in [2.75, 3.05) is 23.0 Å². The molecule has 0 fully saturated rings. The molecule has 336 valence electrons. The van der Waals surface area contributed by atoms with E-state index in [2.05, 4.69) is 18.7 Å². The van der Waals surface area contributed by atoms with Crippen LogP contribution in [-0.4, -0.2) is 69.9 Å². The molecular weight excluding hydrogens is 1130 g/mol. The second kappa shape index (κ2) is 28.0. The van der Waals surface area contributed by atoms with Crippen LogP contribution in [0.5, 0.6) is 0 Å². The molecule has 6 rings (SSSR count). The predicted molar refractivity (Wildman–Crippen MR) is 218 cm³/mol. The Morgan fingerprint density at radius 2 is 1.31 bits per heavy atom. The first-order valence-corrected chi connectivity index (χ1v) is 25.4. The summed E-state index contributed by atoms with van der Waals surface area (Å²) in [6.45, 7) is 7.08. The number of unbranched alkanes of at least 4 members (excludes halogenated alkanes) is 1. The van der Waals surface area contributed by atoms with E-state index in [0.717, 1.165) is 18.2 Å². The van der Waals surface area contributed by atoms with Gasteiger partial charge in [-0.3, -0.25) is 14.6 Å². The molecule has 0 saturated heterocycles. The number of nitrogens with zero attached hydrogens (tertiary/aromatic N) is 1. The third-order valence-corrected chi connectivity index (χ3v) is 14.9. The maximum absolute atomic E-state index is 12.7. The molecule has 0 spiro atoms. The average Bonchev–Trinajstić information content (AvgIpc) is 3.50. The molecule has 4 aromatic carbocycles. The molecule has 4 aromatic rings. The molecule has 67 heavy (non-hydrogen) atoms. The summed E-state index contributed by atoms with van der Waals surface area (Å²) in [7, 11) is -19.5. The molecule has 0 bridgehead atoms. The van der Waals surface area contributed by atoms with Crippen LogP contribution < -0.4 is 272 Å². The third-order valence-electron chi connectivity index (χ3n) is 10.6. The summed E-state index contributed by atoms with van der Waals surface area (Å²) in [6.07, 6.45) is 4.98.